The first-order valence-corrected chi connectivity index (χ1v) is 6.85. The molecule has 1 heterocycles. The molecule has 1 aromatic rings. The molecule has 1 fully saturated rings. The van der Waals surface area contributed by atoms with Gasteiger partial charge >= 0.3 is 0 Å². The fraction of sp³-hybridized carbons (Fsp3) is 0.417. The van der Waals surface area contributed by atoms with Crippen LogP contribution in [0.5, 0.6) is 0 Å². The molecule has 1 saturated heterocycles. The van der Waals surface area contributed by atoms with E-state index in [1.54, 1.807) is 17.9 Å². The highest BCUT2D eigenvalue weighted by atomic mass is 79.9. The summed E-state index contributed by atoms with van der Waals surface area (Å²) in [6.07, 6.45) is 0.512. The Morgan fingerprint density at radius 3 is 2.88 bits per heavy atom. The fourth-order valence-corrected chi connectivity index (χ4v) is 2.65. The molecule has 1 aliphatic heterocycles. The minimum Gasteiger partial charge on any atom is -0.311 e. The Balaban J connectivity index is 2.35. The summed E-state index contributed by atoms with van der Waals surface area (Å²) in [7, 11) is 0. The Kier molecular flexibility index (Phi) is 3.73. The predicted octanol–water partition coefficient (Wildman–Crippen LogP) is 3.54. The summed E-state index contributed by atoms with van der Waals surface area (Å²) >= 11 is 9.37. The largest absolute Gasteiger partial charge is 0.311 e. The number of carbonyl (C=O) groups excluding carboxylic acids is 1. The van der Waals surface area contributed by atoms with Crippen LogP contribution in [-0.2, 0) is 4.79 Å². The van der Waals surface area contributed by atoms with E-state index in [1.165, 1.54) is 6.07 Å². The Labute approximate surface area is 113 Å². The molecule has 0 aromatic heterocycles. The molecule has 1 aliphatic rings. The van der Waals surface area contributed by atoms with Gasteiger partial charge in [0.05, 0.1) is 10.7 Å². The maximum atomic E-state index is 13.3. The van der Waals surface area contributed by atoms with Gasteiger partial charge in [0.15, 0.2) is 0 Å². The molecule has 1 atom stereocenters. The highest BCUT2D eigenvalue weighted by Crippen LogP contribution is 2.33. The standard InChI is InChI=1S/C12H12BrClFNO/c1-7-2-11(9(14)4-10(7)15)16-6-8(5-13)3-12(16)17/h2,4,8H,3,5-6H2,1H3. The number of aryl methyl sites for hydroxylation is 1. The third kappa shape index (κ3) is 2.47. The molecule has 0 aliphatic carbocycles. The molecule has 1 amide bonds. The van der Waals surface area contributed by atoms with Gasteiger partial charge in [0, 0.05) is 18.3 Å². The summed E-state index contributed by atoms with van der Waals surface area (Å²) < 4.78 is 13.3. The number of hydrogen-bond donors (Lipinski definition) is 0. The van der Waals surface area contributed by atoms with Gasteiger partial charge in [-0.25, -0.2) is 4.39 Å². The van der Waals surface area contributed by atoms with E-state index in [0.29, 0.717) is 30.1 Å². The van der Waals surface area contributed by atoms with Crippen molar-refractivity contribution in [3.05, 3.63) is 28.5 Å². The van der Waals surface area contributed by atoms with Crippen molar-refractivity contribution in [3.8, 4) is 0 Å². The second-order valence-electron chi connectivity index (χ2n) is 4.28. The second-order valence-corrected chi connectivity index (χ2v) is 5.34. The molecule has 5 heteroatoms. The molecule has 0 N–H and O–H groups in total. The number of rotatable bonds is 2. The number of alkyl halides is 1. The average molecular weight is 321 g/mol. The zero-order valence-electron chi connectivity index (χ0n) is 9.34. The van der Waals surface area contributed by atoms with Crippen LogP contribution in [0.1, 0.15) is 12.0 Å². The van der Waals surface area contributed by atoms with Crippen LogP contribution in [0, 0.1) is 18.7 Å². The van der Waals surface area contributed by atoms with Crippen molar-refractivity contribution in [1.82, 2.24) is 0 Å². The quantitative estimate of drug-likeness (QED) is 0.763. The summed E-state index contributed by atoms with van der Waals surface area (Å²) in [5.41, 5.74) is 1.11. The van der Waals surface area contributed by atoms with Crippen molar-refractivity contribution in [2.45, 2.75) is 13.3 Å². The van der Waals surface area contributed by atoms with Gasteiger partial charge in [-0.2, -0.15) is 0 Å². The summed E-state index contributed by atoms with van der Waals surface area (Å²) in [6.45, 7) is 2.30. The molecule has 2 nitrogen and oxygen atoms in total. The van der Waals surface area contributed by atoms with Crippen LogP contribution in [0.25, 0.3) is 0 Å². The van der Waals surface area contributed by atoms with Crippen molar-refractivity contribution in [2.24, 2.45) is 5.92 Å². The minimum atomic E-state index is -0.345. The lowest BCUT2D eigenvalue weighted by Crippen LogP contribution is -2.25. The lowest BCUT2D eigenvalue weighted by atomic mass is 10.1. The third-order valence-corrected chi connectivity index (χ3v) is 4.16. The van der Waals surface area contributed by atoms with E-state index in [-0.39, 0.29) is 16.7 Å². The summed E-state index contributed by atoms with van der Waals surface area (Å²) in [5, 5.41) is 1.07. The van der Waals surface area contributed by atoms with Crippen molar-refractivity contribution >= 4 is 39.1 Å². The highest BCUT2D eigenvalue weighted by molar-refractivity contribution is 9.09. The molecule has 0 bridgehead atoms. The van der Waals surface area contributed by atoms with Crippen LogP contribution in [0.3, 0.4) is 0 Å². The van der Waals surface area contributed by atoms with Crippen molar-refractivity contribution in [3.63, 3.8) is 0 Å². The van der Waals surface area contributed by atoms with E-state index in [0.717, 1.165) is 5.33 Å². The van der Waals surface area contributed by atoms with Gasteiger partial charge in [-0.1, -0.05) is 27.5 Å². The minimum absolute atomic E-state index is 0.0439. The fourth-order valence-electron chi connectivity index (χ4n) is 1.97. The van der Waals surface area contributed by atoms with Crippen LogP contribution < -0.4 is 4.90 Å². The molecule has 1 unspecified atom stereocenters. The van der Waals surface area contributed by atoms with E-state index >= 15 is 0 Å². The molecule has 92 valence electrons. The number of anilines is 1. The van der Waals surface area contributed by atoms with Crippen LogP contribution in [0.15, 0.2) is 12.1 Å². The zero-order chi connectivity index (χ0) is 12.6. The van der Waals surface area contributed by atoms with E-state index in [1.807, 2.05) is 0 Å². The Hall–Kier alpha value is -0.610. The monoisotopic (exact) mass is 319 g/mol. The number of halogens is 3. The van der Waals surface area contributed by atoms with Gasteiger partial charge in [0.25, 0.3) is 0 Å². The normalized spacial score (nSPS) is 20.1. The second kappa shape index (κ2) is 4.94. The Morgan fingerprint density at radius 1 is 1.59 bits per heavy atom. The van der Waals surface area contributed by atoms with E-state index in [4.69, 9.17) is 11.6 Å². The first-order valence-electron chi connectivity index (χ1n) is 5.35. The molecule has 0 saturated carbocycles. The molecule has 0 spiro atoms. The highest BCUT2D eigenvalue weighted by Gasteiger charge is 2.31. The molecule has 1 aromatic carbocycles. The van der Waals surface area contributed by atoms with Crippen LogP contribution in [-0.4, -0.2) is 17.8 Å². The van der Waals surface area contributed by atoms with Crippen molar-refractivity contribution in [1.29, 1.82) is 0 Å². The van der Waals surface area contributed by atoms with Gasteiger partial charge in [0.1, 0.15) is 5.82 Å². The van der Waals surface area contributed by atoms with Gasteiger partial charge < -0.3 is 4.90 Å². The SMILES string of the molecule is Cc1cc(N2CC(CBr)CC2=O)c(Cl)cc1F. The topological polar surface area (TPSA) is 20.3 Å². The van der Waals surface area contributed by atoms with Crippen LogP contribution in [0.4, 0.5) is 10.1 Å². The summed E-state index contributed by atoms with van der Waals surface area (Å²) in [5.74, 6) is -0.00581. The van der Waals surface area contributed by atoms with E-state index in [2.05, 4.69) is 15.9 Å². The number of carbonyl (C=O) groups is 1. The first kappa shape index (κ1) is 12.8. The smallest absolute Gasteiger partial charge is 0.227 e. The summed E-state index contributed by atoms with van der Waals surface area (Å²) in [4.78, 5) is 13.5. The van der Waals surface area contributed by atoms with Crippen molar-refractivity contribution in [2.75, 3.05) is 16.8 Å². The molecular formula is C12H12BrClFNO. The van der Waals surface area contributed by atoms with E-state index < -0.39 is 0 Å². The first-order chi connectivity index (χ1) is 8.02. The lowest BCUT2D eigenvalue weighted by Gasteiger charge is -2.18. The van der Waals surface area contributed by atoms with Gasteiger partial charge in [-0.15, -0.1) is 0 Å². The average Bonchev–Trinajstić information content (AvgIpc) is 2.65. The van der Waals surface area contributed by atoms with Gasteiger partial charge in [0.2, 0.25) is 5.91 Å². The number of hydrogen-bond acceptors (Lipinski definition) is 1. The number of benzene rings is 1. The maximum Gasteiger partial charge on any atom is 0.227 e. The Morgan fingerprint density at radius 2 is 2.29 bits per heavy atom. The lowest BCUT2D eigenvalue weighted by molar-refractivity contribution is -0.117. The number of nitrogens with zero attached hydrogens (tertiary/aromatic N) is 1. The van der Waals surface area contributed by atoms with E-state index in [9.17, 15) is 9.18 Å². The summed E-state index contributed by atoms with van der Waals surface area (Å²) in [6, 6.07) is 2.90. The predicted molar refractivity (Wildman–Crippen MR) is 70.4 cm³/mol. The molecule has 0 radical (unpaired) electrons. The molecular weight excluding hydrogens is 308 g/mol. The molecule has 2 rings (SSSR count). The third-order valence-electron chi connectivity index (χ3n) is 2.94. The van der Waals surface area contributed by atoms with Crippen molar-refractivity contribution < 1.29 is 9.18 Å². The van der Waals surface area contributed by atoms with Crippen LogP contribution in [0.2, 0.25) is 5.02 Å². The van der Waals surface area contributed by atoms with Crippen LogP contribution >= 0.6 is 27.5 Å². The maximum absolute atomic E-state index is 13.3. The van der Waals surface area contributed by atoms with Gasteiger partial charge in [-0.05, 0) is 30.5 Å². The van der Waals surface area contributed by atoms with Gasteiger partial charge in [-0.3, -0.25) is 4.79 Å². The zero-order valence-corrected chi connectivity index (χ0v) is 11.7. The number of amides is 1. The Bertz CT molecular complexity index is 466. The molecule has 17 heavy (non-hydrogen) atoms.